The second-order valence-electron chi connectivity index (χ2n) is 3.81. The molecule has 1 unspecified atom stereocenters. The zero-order valence-electron chi connectivity index (χ0n) is 9.19. The molecule has 2 aromatic rings. The van der Waals surface area contributed by atoms with Crippen LogP contribution in [0.15, 0.2) is 41.1 Å². The van der Waals surface area contributed by atoms with Crippen LogP contribution in [0.5, 0.6) is 0 Å². The van der Waals surface area contributed by atoms with E-state index in [1.807, 2.05) is 13.0 Å². The van der Waals surface area contributed by atoms with Gasteiger partial charge in [-0.3, -0.25) is 4.98 Å². The van der Waals surface area contributed by atoms with E-state index >= 15 is 0 Å². The summed E-state index contributed by atoms with van der Waals surface area (Å²) in [4.78, 5) is 3.99. The van der Waals surface area contributed by atoms with E-state index in [4.69, 9.17) is 0 Å². The maximum Gasteiger partial charge on any atom is 0.137 e. The number of aliphatic hydroxyl groups is 1. The Balaban J connectivity index is 2.40. The van der Waals surface area contributed by atoms with Gasteiger partial charge in [0.2, 0.25) is 0 Å². The van der Waals surface area contributed by atoms with Crippen LogP contribution in [-0.4, -0.2) is 10.1 Å². The number of nitrogens with zero attached hydrogens (tertiary/aromatic N) is 1. The Bertz CT molecular complexity index is 545. The predicted molar refractivity (Wildman–Crippen MR) is 67.1 cm³/mol. The van der Waals surface area contributed by atoms with E-state index in [-0.39, 0.29) is 5.82 Å². The van der Waals surface area contributed by atoms with Gasteiger partial charge in [0.25, 0.3) is 0 Å². The van der Waals surface area contributed by atoms with E-state index in [1.54, 1.807) is 24.5 Å². The van der Waals surface area contributed by atoms with Crippen LogP contribution in [0.3, 0.4) is 0 Å². The number of aromatic nitrogens is 1. The van der Waals surface area contributed by atoms with Crippen LogP contribution in [0, 0.1) is 12.7 Å². The van der Waals surface area contributed by atoms with Gasteiger partial charge in [0.05, 0.1) is 4.47 Å². The minimum absolute atomic E-state index is 0.343. The molecule has 0 aliphatic carbocycles. The lowest BCUT2D eigenvalue weighted by atomic mass is 10.00. The van der Waals surface area contributed by atoms with E-state index in [1.165, 1.54) is 6.07 Å². The number of hydrogen-bond donors (Lipinski definition) is 1. The Morgan fingerprint density at radius 2 is 2.12 bits per heavy atom. The van der Waals surface area contributed by atoms with Gasteiger partial charge in [0.15, 0.2) is 0 Å². The highest BCUT2D eigenvalue weighted by Gasteiger charge is 2.14. The number of benzene rings is 1. The van der Waals surface area contributed by atoms with Gasteiger partial charge in [-0.2, -0.15) is 0 Å². The molecule has 0 fully saturated rings. The smallest absolute Gasteiger partial charge is 0.137 e. The molecule has 0 saturated heterocycles. The summed E-state index contributed by atoms with van der Waals surface area (Å²) in [6.07, 6.45) is 2.50. The molecule has 1 N–H and O–H groups in total. The van der Waals surface area contributed by atoms with Crippen molar-refractivity contribution in [3.63, 3.8) is 0 Å². The van der Waals surface area contributed by atoms with Crippen LogP contribution >= 0.6 is 15.9 Å². The van der Waals surface area contributed by atoms with Crippen LogP contribution in [0.1, 0.15) is 22.8 Å². The molecule has 2 rings (SSSR count). The van der Waals surface area contributed by atoms with Crippen molar-refractivity contribution < 1.29 is 9.50 Å². The summed E-state index contributed by atoms with van der Waals surface area (Å²) in [7, 11) is 0. The fraction of sp³-hybridized carbons (Fsp3) is 0.154. The largest absolute Gasteiger partial charge is 0.384 e. The molecule has 4 heteroatoms. The van der Waals surface area contributed by atoms with Crippen LogP contribution < -0.4 is 0 Å². The Hall–Kier alpha value is -1.26. The van der Waals surface area contributed by atoms with Crippen LogP contribution in [0.25, 0.3) is 0 Å². The molecule has 0 bridgehead atoms. The first-order chi connectivity index (χ1) is 8.09. The van der Waals surface area contributed by atoms with E-state index in [0.29, 0.717) is 10.0 Å². The highest BCUT2D eigenvalue weighted by molar-refractivity contribution is 9.10. The Morgan fingerprint density at radius 1 is 1.35 bits per heavy atom. The van der Waals surface area contributed by atoms with Gasteiger partial charge in [-0.05, 0) is 52.2 Å². The maximum absolute atomic E-state index is 13.1. The molecule has 0 radical (unpaired) electrons. The molecule has 0 amide bonds. The molecular weight excluding hydrogens is 285 g/mol. The first-order valence-electron chi connectivity index (χ1n) is 5.13. The van der Waals surface area contributed by atoms with Crippen molar-refractivity contribution in [3.05, 3.63) is 63.6 Å². The molecule has 1 heterocycles. The SMILES string of the molecule is Cc1ccncc1C(O)c1ccc(F)c(Br)c1. The van der Waals surface area contributed by atoms with Gasteiger partial charge in [-0.15, -0.1) is 0 Å². The van der Waals surface area contributed by atoms with Crippen molar-refractivity contribution in [1.82, 2.24) is 4.98 Å². The second-order valence-corrected chi connectivity index (χ2v) is 4.66. The van der Waals surface area contributed by atoms with Crippen LogP contribution in [0.2, 0.25) is 0 Å². The fourth-order valence-electron chi connectivity index (χ4n) is 1.62. The highest BCUT2D eigenvalue weighted by Crippen LogP contribution is 2.27. The lowest BCUT2D eigenvalue weighted by Gasteiger charge is -2.13. The molecule has 1 aromatic heterocycles. The minimum Gasteiger partial charge on any atom is -0.384 e. The molecule has 0 aliphatic rings. The van der Waals surface area contributed by atoms with Crippen molar-refractivity contribution >= 4 is 15.9 Å². The van der Waals surface area contributed by atoms with E-state index < -0.39 is 6.10 Å². The van der Waals surface area contributed by atoms with Crippen molar-refractivity contribution in [3.8, 4) is 0 Å². The summed E-state index contributed by atoms with van der Waals surface area (Å²) in [5, 5.41) is 10.2. The number of aliphatic hydroxyl groups excluding tert-OH is 1. The standard InChI is InChI=1S/C13H11BrFNO/c1-8-4-5-16-7-10(8)13(17)9-2-3-12(15)11(14)6-9/h2-7,13,17H,1H3. The monoisotopic (exact) mass is 295 g/mol. The summed E-state index contributed by atoms with van der Waals surface area (Å²) in [5.74, 6) is -0.344. The van der Waals surface area contributed by atoms with Gasteiger partial charge < -0.3 is 5.11 Å². The van der Waals surface area contributed by atoms with Crippen molar-refractivity contribution in [1.29, 1.82) is 0 Å². The zero-order valence-corrected chi connectivity index (χ0v) is 10.8. The second kappa shape index (κ2) is 4.94. The van der Waals surface area contributed by atoms with Crippen molar-refractivity contribution in [2.45, 2.75) is 13.0 Å². The zero-order chi connectivity index (χ0) is 12.4. The summed E-state index contributed by atoms with van der Waals surface area (Å²) >= 11 is 3.10. The lowest BCUT2D eigenvalue weighted by molar-refractivity contribution is 0.219. The summed E-state index contributed by atoms with van der Waals surface area (Å²) in [6.45, 7) is 1.90. The highest BCUT2D eigenvalue weighted by atomic mass is 79.9. The van der Waals surface area contributed by atoms with Crippen LogP contribution in [-0.2, 0) is 0 Å². The fourth-order valence-corrected chi connectivity index (χ4v) is 2.02. The molecule has 88 valence electrons. The van der Waals surface area contributed by atoms with E-state index in [2.05, 4.69) is 20.9 Å². The topological polar surface area (TPSA) is 33.1 Å². The number of rotatable bonds is 2. The summed E-state index contributed by atoms with van der Waals surface area (Å²) in [5.41, 5.74) is 2.31. The quantitative estimate of drug-likeness (QED) is 0.921. The molecule has 0 aliphatic heterocycles. The first-order valence-corrected chi connectivity index (χ1v) is 5.92. The number of hydrogen-bond acceptors (Lipinski definition) is 2. The van der Waals surface area contributed by atoms with Gasteiger partial charge in [0, 0.05) is 18.0 Å². The molecule has 0 saturated carbocycles. The third-order valence-electron chi connectivity index (χ3n) is 2.63. The number of halogens is 2. The minimum atomic E-state index is -0.791. The predicted octanol–water partition coefficient (Wildman–Crippen LogP) is 3.37. The van der Waals surface area contributed by atoms with Crippen molar-refractivity contribution in [2.75, 3.05) is 0 Å². The van der Waals surface area contributed by atoms with Crippen LogP contribution in [0.4, 0.5) is 4.39 Å². The summed E-state index contributed by atoms with van der Waals surface area (Å²) in [6, 6.07) is 6.30. The molecule has 17 heavy (non-hydrogen) atoms. The number of pyridine rings is 1. The van der Waals surface area contributed by atoms with Gasteiger partial charge >= 0.3 is 0 Å². The number of aryl methyl sites for hydroxylation is 1. The Morgan fingerprint density at radius 3 is 2.76 bits per heavy atom. The third kappa shape index (κ3) is 2.53. The molecular formula is C13H11BrFNO. The van der Waals surface area contributed by atoms with E-state index in [0.717, 1.165) is 11.1 Å². The maximum atomic E-state index is 13.1. The average molecular weight is 296 g/mol. The molecule has 2 nitrogen and oxygen atoms in total. The van der Waals surface area contributed by atoms with Gasteiger partial charge in [0.1, 0.15) is 11.9 Å². The molecule has 1 atom stereocenters. The molecule has 1 aromatic carbocycles. The molecule has 0 spiro atoms. The van der Waals surface area contributed by atoms with Gasteiger partial charge in [-0.25, -0.2) is 4.39 Å². The summed E-state index contributed by atoms with van der Waals surface area (Å²) < 4.78 is 13.4. The normalized spacial score (nSPS) is 12.5. The van der Waals surface area contributed by atoms with Gasteiger partial charge in [-0.1, -0.05) is 6.07 Å². The average Bonchev–Trinajstić information content (AvgIpc) is 2.32. The first kappa shape index (κ1) is 12.2. The lowest BCUT2D eigenvalue weighted by Crippen LogP contribution is -2.03. The third-order valence-corrected chi connectivity index (χ3v) is 3.24. The van der Waals surface area contributed by atoms with Crippen molar-refractivity contribution in [2.24, 2.45) is 0 Å². The van der Waals surface area contributed by atoms with E-state index in [9.17, 15) is 9.50 Å². The Labute approximate surface area is 107 Å². The Kier molecular flexibility index (Phi) is 3.54.